The van der Waals surface area contributed by atoms with Gasteiger partial charge in [0.1, 0.15) is 11.6 Å². The van der Waals surface area contributed by atoms with E-state index in [1.54, 1.807) is 0 Å². The van der Waals surface area contributed by atoms with Gasteiger partial charge in [0.2, 0.25) is 0 Å². The molecule has 1 aromatic heterocycles. The first-order valence-corrected chi connectivity index (χ1v) is 9.52. The van der Waals surface area contributed by atoms with Gasteiger partial charge in [-0.05, 0) is 55.4 Å². The first kappa shape index (κ1) is 16.8. The van der Waals surface area contributed by atoms with Gasteiger partial charge in [-0.15, -0.1) is 0 Å². The number of hydrogen-bond acceptors (Lipinski definition) is 3. The van der Waals surface area contributed by atoms with Gasteiger partial charge in [-0.1, -0.05) is 49.4 Å². The summed E-state index contributed by atoms with van der Waals surface area (Å²) in [5.74, 6) is 1.71. The summed E-state index contributed by atoms with van der Waals surface area (Å²) in [4.78, 5) is 9.31. The third kappa shape index (κ3) is 3.48. The molecule has 0 saturated carbocycles. The molecule has 2 aromatic carbocycles. The zero-order valence-corrected chi connectivity index (χ0v) is 15.5. The zero-order valence-electron chi connectivity index (χ0n) is 15.5. The molecule has 26 heavy (non-hydrogen) atoms. The van der Waals surface area contributed by atoms with Gasteiger partial charge < -0.3 is 5.32 Å². The summed E-state index contributed by atoms with van der Waals surface area (Å²) in [7, 11) is 0. The Morgan fingerprint density at radius 2 is 1.92 bits per heavy atom. The Morgan fingerprint density at radius 1 is 1.04 bits per heavy atom. The van der Waals surface area contributed by atoms with Crippen molar-refractivity contribution >= 4 is 5.82 Å². The zero-order chi connectivity index (χ0) is 17.9. The second-order valence-corrected chi connectivity index (χ2v) is 7.03. The minimum absolute atomic E-state index is 0.323. The summed E-state index contributed by atoms with van der Waals surface area (Å²) in [5.41, 5.74) is 6.33. The molecule has 1 N–H and O–H groups in total. The SMILES string of the molecule is CCc1cccc(-c2cc(NC3CCCc4ccccc43)nc(C)n2)c1. The monoisotopic (exact) mass is 343 g/mol. The summed E-state index contributed by atoms with van der Waals surface area (Å²) in [5, 5.41) is 3.67. The largest absolute Gasteiger partial charge is 0.363 e. The lowest BCUT2D eigenvalue weighted by atomic mass is 9.88. The highest BCUT2D eigenvalue weighted by Gasteiger charge is 2.20. The molecule has 1 unspecified atom stereocenters. The number of aryl methyl sites for hydroxylation is 3. The fraction of sp³-hybridized carbons (Fsp3) is 0.304. The van der Waals surface area contributed by atoms with E-state index in [1.165, 1.54) is 29.5 Å². The second-order valence-electron chi connectivity index (χ2n) is 7.03. The van der Waals surface area contributed by atoms with Crippen molar-refractivity contribution in [3.05, 3.63) is 77.1 Å². The number of anilines is 1. The Morgan fingerprint density at radius 3 is 2.81 bits per heavy atom. The van der Waals surface area contributed by atoms with E-state index in [0.717, 1.165) is 35.7 Å². The number of nitrogens with one attached hydrogen (secondary N) is 1. The summed E-state index contributed by atoms with van der Waals surface area (Å²) in [6.45, 7) is 4.14. The highest BCUT2D eigenvalue weighted by molar-refractivity contribution is 5.63. The van der Waals surface area contributed by atoms with E-state index in [0.29, 0.717) is 6.04 Å². The Bertz CT molecular complexity index is 917. The Kier molecular flexibility index (Phi) is 4.70. The van der Waals surface area contributed by atoms with Gasteiger partial charge in [0.05, 0.1) is 11.7 Å². The minimum atomic E-state index is 0.323. The van der Waals surface area contributed by atoms with Crippen LogP contribution in [0.1, 0.15) is 48.3 Å². The van der Waals surface area contributed by atoms with Crippen molar-refractivity contribution in [3.8, 4) is 11.3 Å². The van der Waals surface area contributed by atoms with Crippen molar-refractivity contribution in [3.63, 3.8) is 0 Å². The van der Waals surface area contributed by atoms with Crippen LogP contribution < -0.4 is 5.32 Å². The van der Waals surface area contributed by atoms with E-state index in [1.807, 2.05) is 6.92 Å². The molecule has 0 amide bonds. The van der Waals surface area contributed by atoms with Crippen LogP contribution in [0.15, 0.2) is 54.6 Å². The quantitative estimate of drug-likeness (QED) is 0.679. The number of fused-ring (bicyclic) bond motifs is 1. The number of nitrogens with zero attached hydrogens (tertiary/aromatic N) is 2. The van der Waals surface area contributed by atoms with Gasteiger partial charge in [0.15, 0.2) is 0 Å². The first-order valence-electron chi connectivity index (χ1n) is 9.52. The molecule has 1 aliphatic rings. The Labute approximate surface area is 155 Å². The lowest BCUT2D eigenvalue weighted by molar-refractivity contribution is 0.598. The topological polar surface area (TPSA) is 37.8 Å². The van der Waals surface area contributed by atoms with Crippen LogP contribution in [0, 0.1) is 6.92 Å². The summed E-state index contributed by atoms with van der Waals surface area (Å²) >= 11 is 0. The molecule has 0 saturated heterocycles. The first-order chi connectivity index (χ1) is 12.7. The summed E-state index contributed by atoms with van der Waals surface area (Å²) in [6.07, 6.45) is 4.55. The normalized spacial score (nSPS) is 16.2. The van der Waals surface area contributed by atoms with Crippen LogP contribution >= 0.6 is 0 Å². The second kappa shape index (κ2) is 7.28. The highest BCUT2D eigenvalue weighted by atomic mass is 15.0. The Balaban J connectivity index is 1.65. The molecule has 3 heteroatoms. The molecule has 1 heterocycles. The third-order valence-corrected chi connectivity index (χ3v) is 5.16. The smallest absolute Gasteiger partial charge is 0.130 e. The van der Waals surface area contributed by atoms with Gasteiger partial charge in [0.25, 0.3) is 0 Å². The maximum Gasteiger partial charge on any atom is 0.130 e. The number of benzene rings is 2. The molecular weight excluding hydrogens is 318 g/mol. The predicted octanol–water partition coefficient (Wildman–Crippen LogP) is 5.50. The summed E-state index contributed by atoms with van der Waals surface area (Å²) in [6, 6.07) is 19.8. The van der Waals surface area contributed by atoms with Gasteiger partial charge in [-0.25, -0.2) is 9.97 Å². The van der Waals surface area contributed by atoms with Crippen molar-refractivity contribution in [1.29, 1.82) is 0 Å². The number of hydrogen-bond donors (Lipinski definition) is 1. The third-order valence-electron chi connectivity index (χ3n) is 5.16. The average molecular weight is 343 g/mol. The van der Waals surface area contributed by atoms with E-state index < -0.39 is 0 Å². The number of rotatable bonds is 4. The standard InChI is InChI=1S/C23H25N3/c1-3-17-8-6-11-19(14-17)22-15-23(25-16(2)24-22)26-21-13-7-10-18-9-4-5-12-20(18)21/h4-6,8-9,11-12,14-15,21H,3,7,10,13H2,1-2H3,(H,24,25,26). The fourth-order valence-electron chi connectivity index (χ4n) is 3.82. The molecule has 0 fully saturated rings. The van der Waals surface area contributed by atoms with Crippen molar-refractivity contribution in [2.24, 2.45) is 0 Å². The van der Waals surface area contributed by atoms with E-state index in [-0.39, 0.29) is 0 Å². The molecule has 0 bridgehead atoms. The van der Waals surface area contributed by atoms with Gasteiger partial charge in [0, 0.05) is 11.6 Å². The van der Waals surface area contributed by atoms with Gasteiger partial charge >= 0.3 is 0 Å². The van der Waals surface area contributed by atoms with Gasteiger partial charge in [-0.2, -0.15) is 0 Å². The van der Waals surface area contributed by atoms with Crippen molar-refractivity contribution < 1.29 is 0 Å². The van der Waals surface area contributed by atoms with Crippen molar-refractivity contribution in [2.45, 2.75) is 45.6 Å². The van der Waals surface area contributed by atoms with E-state index >= 15 is 0 Å². The van der Waals surface area contributed by atoms with E-state index in [4.69, 9.17) is 0 Å². The molecule has 0 radical (unpaired) electrons. The van der Waals surface area contributed by atoms with Crippen LogP contribution in [-0.2, 0) is 12.8 Å². The van der Waals surface area contributed by atoms with Crippen molar-refractivity contribution in [1.82, 2.24) is 9.97 Å². The maximum absolute atomic E-state index is 4.67. The molecule has 3 aromatic rings. The molecule has 132 valence electrons. The molecule has 4 rings (SSSR count). The molecular formula is C23H25N3. The molecule has 0 aliphatic heterocycles. The summed E-state index contributed by atoms with van der Waals surface area (Å²) < 4.78 is 0. The Hall–Kier alpha value is -2.68. The van der Waals surface area contributed by atoms with Crippen LogP contribution in [0.5, 0.6) is 0 Å². The van der Waals surface area contributed by atoms with Crippen LogP contribution in [0.3, 0.4) is 0 Å². The molecule has 0 spiro atoms. The van der Waals surface area contributed by atoms with Crippen LogP contribution in [0.25, 0.3) is 11.3 Å². The van der Waals surface area contributed by atoms with Crippen LogP contribution in [0.2, 0.25) is 0 Å². The lowest BCUT2D eigenvalue weighted by Gasteiger charge is -2.27. The highest BCUT2D eigenvalue weighted by Crippen LogP contribution is 2.32. The van der Waals surface area contributed by atoms with E-state index in [9.17, 15) is 0 Å². The predicted molar refractivity (Wildman–Crippen MR) is 107 cm³/mol. The minimum Gasteiger partial charge on any atom is -0.363 e. The lowest BCUT2D eigenvalue weighted by Crippen LogP contribution is -2.18. The maximum atomic E-state index is 4.67. The van der Waals surface area contributed by atoms with Crippen molar-refractivity contribution in [2.75, 3.05) is 5.32 Å². The van der Waals surface area contributed by atoms with Crippen LogP contribution in [0.4, 0.5) is 5.82 Å². The van der Waals surface area contributed by atoms with E-state index in [2.05, 4.69) is 76.8 Å². The van der Waals surface area contributed by atoms with Crippen LogP contribution in [-0.4, -0.2) is 9.97 Å². The number of aromatic nitrogens is 2. The molecule has 1 aliphatic carbocycles. The van der Waals surface area contributed by atoms with Gasteiger partial charge in [-0.3, -0.25) is 0 Å². The fourth-order valence-corrected chi connectivity index (χ4v) is 3.82. The molecule has 3 nitrogen and oxygen atoms in total. The molecule has 1 atom stereocenters. The average Bonchev–Trinajstić information content (AvgIpc) is 2.68.